The fourth-order valence-corrected chi connectivity index (χ4v) is 4.86. The summed E-state index contributed by atoms with van der Waals surface area (Å²) in [5.41, 5.74) is 3.11. The number of benzene rings is 1. The van der Waals surface area contributed by atoms with Crippen LogP contribution in [-0.4, -0.2) is 66.4 Å². The molecule has 1 aliphatic rings. The third-order valence-electron chi connectivity index (χ3n) is 6.70. The highest BCUT2D eigenvalue weighted by Gasteiger charge is 2.29. The molecule has 41 heavy (non-hydrogen) atoms. The molecule has 0 saturated carbocycles. The van der Waals surface area contributed by atoms with Crippen LogP contribution in [0.2, 0.25) is 0 Å². The van der Waals surface area contributed by atoms with E-state index in [2.05, 4.69) is 9.88 Å². The van der Waals surface area contributed by atoms with E-state index in [-0.39, 0.29) is 6.54 Å². The van der Waals surface area contributed by atoms with Crippen LogP contribution in [0.25, 0.3) is 10.9 Å². The van der Waals surface area contributed by atoms with Crippen molar-refractivity contribution in [3.8, 4) is 5.75 Å². The van der Waals surface area contributed by atoms with E-state index in [1.165, 1.54) is 4.57 Å². The first-order valence-electron chi connectivity index (χ1n) is 13.9. The number of methoxy groups -OCH3 is 1. The lowest BCUT2D eigenvalue weighted by Crippen LogP contribution is -2.38. The van der Waals surface area contributed by atoms with E-state index in [0.717, 1.165) is 28.0 Å². The SMILES string of the molecule is COc1c(C)cnc(CN(C(=O)OC(C)(C)C)c2cc(N3CCOCC3)c3ccn(C(=O)OC(C)(C)C)c3c2)c1C. The predicted octanol–water partition coefficient (Wildman–Crippen LogP) is 6.22. The lowest BCUT2D eigenvalue weighted by Gasteiger charge is -2.32. The van der Waals surface area contributed by atoms with Crippen LogP contribution in [-0.2, 0) is 20.8 Å². The number of rotatable bonds is 5. The van der Waals surface area contributed by atoms with Crippen LogP contribution in [0.15, 0.2) is 30.6 Å². The van der Waals surface area contributed by atoms with Gasteiger partial charge in [-0.2, -0.15) is 0 Å². The first kappa shape index (κ1) is 30.2. The minimum Gasteiger partial charge on any atom is -0.496 e. The molecule has 0 spiro atoms. The molecule has 1 fully saturated rings. The number of hydrogen-bond acceptors (Lipinski definition) is 8. The molecule has 0 aliphatic carbocycles. The molecule has 2 aromatic heterocycles. The van der Waals surface area contributed by atoms with E-state index in [1.54, 1.807) is 24.4 Å². The molecule has 222 valence electrons. The average molecular weight is 567 g/mol. The van der Waals surface area contributed by atoms with Crippen molar-refractivity contribution in [1.29, 1.82) is 0 Å². The molecule has 1 aliphatic heterocycles. The average Bonchev–Trinajstić information content (AvgIpc) is 3.31. The van der Waals surface area contributed by atoms with Crippen LogP contribution in [0.4, 0.5) is 21.0 Å². The number of nitrogens with zero attached hydrogens (tertiary/aromatic N) is 4. The maximum absolute atomic E-state index is 13.8. The monoisotopic (exact) mass is 566 g/mol. The van der Waals surface area contributed by atoms with Gasteiger partial charge in [0.15, 0.2) is 0 Å². The second-order valence-corrected chi connectivity index (χ2v) is 12.3. The number of aromatic nitrogens is 2. The number of carbonyl (C=O) groups excluding carboxylic acids is 2. The smallest absolute Gasteiger partial charge is 0.418 e. The van der Waals surface area contributed by atoms with E-state index in [1.807, 2.05) is 73.6 Å². The molecule has 4 rings (SSSR count). The Kier molecular flexibility index (Phi) is 8.54. The summed E-state index contributed by atoms with van der Waals surface area (Å²) in [6, 6.07) is 5.70. The van der Waals surface area contributed by atoms with Crippen LogP contribution in [0.1, 0.15) is 58.4 Å². The number of aryl methyl sites for hydroxylation is 1. The van der Waals surface area contributed by atoms with Gasteiger partial charge in [-0.25, -0.2) is 9.59 Å². The van der Waals surface area contributed by atoms with Gasteiger partial charge in [-0.05, 0) is 73.6 Å². The Balaban J connectivity index is 1.90. The first-order chi connectivity index (χ1) is 19.2. The number of fused-ring (bicyclic) bond motifs is 1. The standard InChI is InChI=1S/C31H42N4O6/c1-20-18-32-24(21(2)27(20)38-9)19-35(29(37)41-31(6,7)8)22-16-25(33-12-14-39-15-13-33)23-10-11-34(26(23)17-22)28(36)40-30(3,4)5/h10-11,16-18H,12-15,19H2,1-9H3. The Morgan fingerprint density at radius 3 is 2.29 bits per heavy atom. The van der Waals surface area contributed by atoms with Gasteiger partial charge in [0.25, 0.3) is 0 Å². The van der Waals surface area contributed by atoms with Crippen LogP contribution in [0.3, 0.4) is 0 Å². The predicted molar refractivity (Wildman–Crippen MR) is 159 cm³/mol. The Hall–Kier alpha value is -3.79. The molecule has 0 N–H and O–H groups in total. The summed E-state index contributed by atoms with van der Waals surface area (Å²) in [5, 5.41) is 0.872. The minimum atomic E-state index is -0.726. The number of amides is 1. The molecule has 3 aromatic rings. The van der Waals surface area contributed by atoms with Crippen molar-refractivity contribution in [1.82, 2.24) is 9.55 Å². The maximum Gasteiger partial charge on any atom is 0.418 e. The van der Waals surface area contributed by atoms with Crippen LogP contribution in [0, 0.1) is 13.8 Å². The Morgan fingerprint density at radius 1 is 1.02 bits per heavy atom. The number of hydrogen-bond donors (Lipinski definition) is 0. The van der Waals surface area contributed by atoms with E-state index in [4.69, 9.17) is 18.9 Å². The third-order valence-corrected chi connectivity index (χ3v) is 6.70. The topological polar surface area (TPSA) is 95.4 Å². The summed E-state index contributed by atoms with van der Waals surface area (Å²) in [7, 11) is 1.62. The van der Waals surface area contributed by atoms with E-state index in [0.29, 0.717) is 43.2 Å². The highest BCUT2D eigenvalue weighted by Crippen LogP contribution is 2.36. The van der Waals surface area contributed by atoms with Crippen molar-refractivity contribution in [3.63, 3.8) is 0 Å². The summed E-state index contributed by atoms with van der Waals surface area (Å²) in [5.74, 6) is 0.724. The molecule has 0 bridgehead atoms. The van der Waals surface area contributed by atoms with Gasteiger partial charge < -0.3 is 23.8 Å². The van der Waals surface area contributed by atoms with Gasteiger partial charge in [0.2, 0.25) is 0 Å². The number of morpholine rings is 1. The summed E-state index contributed by atoms with van der Waals surface area (Å²) in [4.78, 5) is 35.4. The second kappa shape index (κ2) is 11.6. The highest BCUT2D eigenvalue weighted by molar-refractivity contribution is 6.02. The summed E-state index contributed by atoms with van der Waals surface area (Å²) in [6.45, 7) is 17.5. The molecule has 10 heteroatoms. The maximum atomic E-state index is 13.8. The van der Waals surface area contributed by atoms with E-state index >= 15 is 0 Å². The third kappa shape index (κ3) is 6.93. The number of carbonyl (C=O) groups is 2. The number of pyridine rings is 1. The van der Waals surface area contributed by atoms with Gasteiger partial charge in [0.05, 0.1) is 43.8 Å². The van der Waals surface area contributed by atoms with E-state index < -0.39 is 23.4 Å². The largest absolute Gasteiger partial charge is 0.496 e. The number of ether oxygens (including phenoxy) is 4. The van der Waals surface area contributed by atoms with Crippen molar-refractivity contribution < 1.29 is 28.5 Å². The summed E-state index contributed by atoms with van der Waals surface area (Å²) < 4.78 is 24.3. The summed E-state index contributed by atoms with van der Waals surface area (Å²) in [6.07, 6.45) is 2.42. The van der Waals surface area contributed by atoms with Crippen LogP contribution >= 0.6 is 0 Å². The van der Waals surface area contributed by atoms with Gasteiger partial charge in [-0.3, -0.25) is 14.5 Å². The van der Waals surface area contributed by atoms with Gasteiger partial charge in [-0.1, -0.05) is 0 Å². The fourth-order valence-electron chi connectivity index (χ4n) is 4.86. The highest BCUT2D eigenvalue weighted by atomic mass is 16.6. The van der Waals surface area contributed by atoms with Crippen LogP contribution < -0.4 is 14.5 Å². The normalized spacial score (nSPS) is 14.2. The van der Waals surface area contributed by atoms with Gasteiger partial charge in [0, 0.05) is 47.7 Å². The molecule has 0 radical (unpaired) electrons. The van der Waals surface area contributed by atoms with Gasteiger partial charge in [0.1, 0.15) is 17.0 Å². The van der Waals surface area contributed by atoms with E-state index in [9.17, 15) is 9.59 Å². The zero-order valence-electron chi connectivity index (χ0n) is 25.7. The quantitative estimate of drug-likeness (QED) is 0.359. The molecule has 1 saturated heterocycles. The molecule has 1 aromatic carbocycles. The lowest BCUT2D eigenvalue weighted by molar-refractivity contribution is 0.0542. The first-order valence-corrected chi connectivity index (χ1v) is 13.9. The zero-order valence-corrected chi connectivity index (χ0v) is 25.7. The zero-order chi connectivity index (χ0) is 30.1. The summed E-state index contributed by atoms with van der Waals surface area (Å²) >= 11 is 0. The Labute approximate surface area is 242 Å². The molecule has 0 atom stereocenters. The molecular formula is C31H42N4O6. The fraction of sp³-hybridized carbons (Fsp3) is 0.516. The molecule has 3 heterocycles. The van der Waals surface area contributed by atoms with Crippen molar-refractivity contribution in [3.05, 3.63) is 47.4 Å². The van der Waals surface area contributed by atoms with Gasteiger partial charge >= 0.3 is 12.2 Å². The Bertz CT molecular complexity index is 1430. The Morgan fingerprint density at radius 2 is 1.68 bits per heavy atom. The van der Waals surface area contributed by atoms with Crippen LogP contribution in [0.5, 0.6) is 5.75 Å². The second-order valence-electron chi connectivity index (χ2n) is 12.3. The minimum absolute atomic E-state index is 0.137. The molecular weight excluding hydrogens is 524 g/mol. The lowest BCUT2D eigenvalue weighted by atomic mass is 10.1. The molecule has 0 unspecified atom stereocenters. The van der Waals surface area contributed by atoms with Crippen molar-refractivity contribution in [2.45, 2.75) is 73.1 Å². The molecule has 10 nitrogen and oxygen atoms in total. The van der Waals surface area contributed by atoms with Crippen molar-refractivity contribution in [2.24, 2.45) is 0 Å². The molecule has 1 amide bonds. The number of anilines is 2. The van der Waals surface area contributed by atoms with Crippen molar-refractivity contribution >= 4 is 34.5 Å². The van der Waals surface area contributed by atoms with Crippen molar-refractivity contribution in [2.75, 3.05) is 43.2 Å². The van der Waals surface area contributed by atoms with Gasteiger partial charge in [-0.15, -0.1) is 0 Å².